The molecule has 22 heavy (non-hydrogen) atoms. The summed E-state index contributed by atoms with van der Waals surface area (Å²) in [4.78, 5) is 24.1. The van der Waals surface area contributed by atoms with Crippen LogP contribution in [0.2, 0.25) is 0 Å². The lowest BCUT2D eigenvalue weighted by Crippen LogP contribution is -2.15. The van der Waals surface area contributed by atoms with E-state index in [-0.39, 0.29) is 28.0 Å². The van der Waals surface area contributed by atoms with Gasteiger partial charge in [0.25, 0.3) is 0 Å². The average molecular weight is 324 g/mol. The minimum atomic E-state index is -0.240. The van der Waals surface area contributed by atoms with Crippen molar-refractivity contribution in [1.82, 2.24) is 0 Å². The highest BCUT2D eigenvalue weighted by Gasteiger charge is 2.30. The van der Waals surface area contributed by atoms with Gasteiger partial charge in [0.1, 0.15) is 11.3 Å². The van der Waals surface area contributed by atoms with Crippen LogP contribution >= 0.6 is 11.8 Å². The molecule has 1 fully saturated rings. The van der Waals surface area contributed by atoms with Crippen LogP contribution in [0.25, 0.3) is 0 Å². The standard InChI is InChI=1S/C18H28O3S/c19-15(17-16(20)13-22-18(17)21)12-14-10-8-6-4-2-1-3-5-7-9-11-14/h14,20H,1-13H2. The van der Waals surface area contributed by atoms with Crippen molar-refractivity contribution in [2.45, 2.75) is 77.0 Å². The quantitative estimate of drug-likeness (QED) is 0.746. The number of thioether (sulfide) groups is 1. The van der Waals surface area contributed by atoms with Crippen LogP contribution in [0, 0.1) is 5.92 Å². The van der Waals surface area contributed by atoms with Gasteiger partial charge in [-0.2, -0.15) is 0 Å². The molecule has 1 aliphatic heterocycles. The number of carbonyl (C=O) groups is 2. The second kappa shape index (κ2) is 9.39. The lowest BCUT2D eigenvalue weighted by atomic mass is 9.88. The second-order valence-electron chi connectivity index (χ2n) is 6.65. The maximum absolute atomic E-state index is 12.4. The van der Waals surface area contributed by atoms with Gasteiger partial charge in [-0.3, -0.25) is 9.59 Å². The van der Waals surface area contributed by atoms with Gasteiger partial charge < -0.3 is 5.11 Å². The molecule has 0 bridgehead atoms. The van der Waals surface area contributed by atoms with E-state index in [1.165, 1.54) is 57.8 Å². The van der Waals surface area contributed by atoms with Crippen molar-refractivity contribution in [1.29, 1.82) is 0 Å². The highest BCUT2D eigenvalue weighted by atomic mass is 32.2. The first kappa shape index (κ1) is 17.6. The molecule has 2 aliphatic rings. The molecule has 124 valence electrons. The Morgan fingerprint density at radius 2 is 1.45 bits per heavy atom. The summed E-state index contributed by atoms with van der Waals surface area (Å²) >= 11 is 1.04. The maximum atomic E-state index is 12.4. The predicted molar refractivity (Wildman–Crippen MR) is 91.0 cm³/mol. The van der Waals surface area contributed by atoms with E-state index >= 15 is 0 Å². The minimum absolute atomic E-state index is 0.00634. The Hall–Kier alpha value is -0.770. The molecule has 2 rings (SSSR count). The smallest absolute Gasteiger partial charge is 0.226 e. The zero-order valence-electron chi connectivity index (χ0n) is 13.4. The Balaban J connectivity index is 1.88. The molecule has 1 heterocycles. The molecule has 3 nitrogen and oxygen atoms in total. The molecule has 1 saturated carbocycles. The van der Waals surface area contributed by atoms with Crippen molar-refractivity contribution in [3.63, 3.8) is 0 Å². The number of ketones is 1. The molecular weight excluding hydrogens is 296 g/mol. The molecular formula is C18H28O3S. The molecule has 1 N–H and O–H groups in total. The Kier molecular flexibility index (Phi) is 7.50. The van der Waals surface area contributed by atoms with Crippen molar-refractivity contribution in [3.05, 3.63) is 11.3 Å². The molecule has 0 radical (unpaired) electrons. The Bertz CT molecular complexity index is 416. The van der Waals surface area contributed by atoms with Crippen molar-refractivity contribution in [2.24, 2.45) is 5.92 Å². The zero-order chi connectivity index (χ0) is 15.8. The van der Waals surface area contributed by atoms with Crippen LogP contribution in [-0.2, 0) is 9.59 Å². The largest absolute Gasteiger partial charge is 0.510 e. The number of Topliss-reactive ketones (excluding diaryl/α,β-unsaturated/α-hetero) is 1. The van der Waals surface area contributed by atoms with Gasteiger partial charge in [0, 0.05) is 6.42 Å². The summed E-state index contributed by atoms with van der Waals surface area (Å²) in [6, 6.07) is 0. The average Bonchev–Trinajstić information content (AvgIpc) is 2.81. The predicted octanol–water partition coefficient (Wildman–Crippen LogP) is 4.95. The summed E-state index contributed by atoms with van der Waals surface area (Å²) in [6.45, 7) is 0. The molecule has 0 atom stereocenters. The zero-order valence-corrected chi connectivity index (χ0v) is 14.3. The molecule has 0 spiro atoms. The lowest BCUT2D eigenvalue weighted by molar-refractivity contribution is -0.119. The fourth-order valence-corrected chi connectivity index (χ4v) is 4.28. The van der Waals surface area contributed by atoms with E-state index in [0.717, 1.165) is 24.6 Å². The third kappa shape index (κ3) is 5.45. The Morgan fingerprint density at radius 3 is 1.91 bits per heavy atom. The molecule has 0 saturated heterocycles. The van der Waals surface area contributed by atoms with Crippen molar-refractivity contribution >= 4 is 22.7 Å². The highest BCUT2D eigenvalue weighted by Crippen LogP contribution is 2.30. The SMILES string of the molecule is O=C(CC1CCCCCCCCCCC1)C1=C(O)CSC1=O. The molecule has 0 aromatic carbocycles. The van der Waals surface area contributed by atoms with Gasteiger partial charge in [-0.25, -0.2) is 0 Å². The van der Waals surface area contributed by atoms with Gasteiger partial charge in [0.2, 0.25) is 5.12 Å². The Labute approximate surface area is 137 Å². The monoisotopic (exact) mass is 324 g/mol. The molecule has 0 unspecified atom stereocenters. The fraction of sp³-hybridized carbons (Fsp3) is 0.778. The fourth-order valence-electron chi connectivity index (χ4n) is 3.49. The second-order valence-corrected chi connectivity index (χ2v) is 7.60. The summed E-state index contributed by atoms with van der Waals surface area (Å²) < 4.78 is 0. The third-order valence-electron chi connectivity index (χ3n) is 4.81. The molecule has 4 heteroatoms. The van der Waals surface area contributed by atoms with Crippen molar-refractivity contribution in [3.8, 4) is 0 Å². The van der Waals surface area contributed by atoms with E-state index in [1.54, 1.807) is 0 Å². The van der Waals surface area contributed by atoms with E-state index in [2.05, 4.69) is 0 Å². The van der Waals surface area contributed by atoms with Gasteiger partial charge in [0.15, 0.2) is 5.78 Å². The normalized spacial score (nSPS) is 23.2. The van der Waals surface area contributed by atoms with Crippen LogP contribution in [0.4, 0.5) is 0 Å². The van der Waals surface area contributed by atoms with Crippen LogP contribution < -0.4 is 0 Å². The van der Waals surface area contributed by atoms with E-state index in [0.29, 0.717) is 12.3 Å². The molecule has 0 aromatic heterocycles. The summed E-state index contributed by atoms with van der Waals surface area (Å²) in [5.74, 6) is 0.508. The molecule has 0 aromatic rings. The van der Waals surface area contributed by atoms with Crippen LogP contribution in [0.3, 0.4) is 0 Å². The highest BCUT2D eigenvalue weighted by molar-refractivity contribution is 8.14. The van der Waals surface area contributed by atoms with E-state index < -0.39 is 0 Å². The first-order valence-corrected chi connectivity index (χ1v) is 9.79. The summed E-state index contributed by atoms with van der Waals surface area (Å²) in [5.41, 5.74) is 0.0797. The van der Waals surface area contributed by atoms with Gasteiger partial charge >= 0.3 is 0 Å². The van der Waals surface area contributed by atoms with Gasteiger partial charge in [-0.1, -0.05) is 82.4 Å². The van der Waals surface area contributed by atoms with E-state index in [1.807, 2.05) is 0 Å². The maximum Gasteiger partial charge on any atom is 0.226 e. The van der Waals surface area contributed by atoms with Gasteiger partial charge in [-0.15, -0.1) is 0 Å². The number of hydrogen-bond donors (Lipinski definition) is 1. The first-order chi connectivity index (χ1) is 10.7. The first-order valence-electron chi connectivity index (χ1n) is 8.81. The van der Waals surface area contributed by atoms with Gasteiger partial charge in [-0.05, 0) is 5.92 Å². The Morgan fingerprint density at radius 1 is 0.955 bits per heavy atom. The number of aliphatic hydroxyl groups excluding tert-OH is 1. The van der Waals surface area contributed by atoms with Crippen molar-refractivity contribution in [2.75, 3.05) is 5.75 Å². The van der Waals surface area contributed by atoms with Crippen LogP contribution in [-0.4, -0.2) is 21.8 Å². The van der Waals surface area contributed by atoms with Crippen LogP contribution in [0.1, 0.15) is 77.0 Å². The van der Waals surface area contributed by atoms with Crippen LogP contribution in [0.5, 0.6) is 0 Å². The minimum Gasteiger partial charge on any atom is -0.510 e. The van der Waals surface area contributed by atoms with E-state index in [4.69, 9.17) is 0 Å². The van der Waals surface area contributed by atoms with Crippen molar-refractivity contribution < 1.29 is 14.7 Å². The number of rotatable bonds is 3. The summed E-state index contributed by atoms with van der Waals surface area (Å²) in [7, 11) is 0. The topological polar surface area (TPSA) is 54.4 Å². The van der Waals surface area contributed by atoms with E-state index in [9.17, 15) is 14.7 Å². The molecule has 1 aliphatic carbocycles. The van der Waals surface area contributed by atoms with Crippen LogP contribution in [0.15, 0.2) is 11.3 Å². The lowest BCUT2D eigenvalue weighted by Gasteiger charge is -2.17. The summed E-state index contributed by atoms with van der Waals surface area (Å²) in [6.07, 6.45) is 14.2. The molecule has 0 amide bonds. The summed E-state index contributed by atoms with van der Waals surface area (Å²) in [5, 5.41) is 9.49. The number of carbonyl (C=O) groups excluding carboxylic acids is 2. The van der Waals surface area contributed by atoms with Gasteiger partial charge in [0.05, 0.1) is 5.75 Å². The number of hydrogen-bond acceptors (Lipinski definition) is 4. The third-order valence-corrected chi connectivity index (χ3v) is 5.69. The number of aliphatic hydroxyl groups is 1.